The van der Waals surface area contributed by atoms with Gasteiger partial charge < -0.3 is 9.47 Å². The monoisotopic (exact) mass is 370 g/mol. The van der Waals surface area contributed by atoms with E-state index in [1.54, 1.807) is 19.2 Å². The average molecular weight is 371 g/mol. The number of aromatic nitrogens is 2. The van der Waals surface area contributed by atoms with Gasteiger partial charge in [0.25, 0.3) is 0 Å². The van der Waals surface area contributed by atoms with Crippen molar-refractivity contribution in [1.29, 1.82) is 0 Å². The van der Waals surface area contributed by atoms with Gasteiger partial charge in [-0.2, -0.15) is 0 Å². The van der Waals surface area contributed by atoms with Crippen molar-refractivity contribution in [3.63, 3.8) is 0 Å². The summed E-state index contributed by atoms with van der Waals surface area (Å²) in [4.78, 5) is 13.3. The van der Waals surface area contributed by atoms with E-state index in [2.05, 4.69) is 25.5 Å². The maximum Gasteiger partial charge on any atom is 0.210 e. The Labute approximate surface area is 135 Å². The Morgan fingerprint density at radius 3 is 2.71 bits per heavy atom. The lowest BCUT2D eigenvalue weighted by molar-refractivity contribution is 0.103. The van der Waals surface area contributed by atoms with Crippen molar-refractivity contribution in [3.8, 4) is 11.5 Å². The molecule has 0 unspecified atom stereocenters. The predicted octanol–water partition coefficient (Wildman–Crippen LogP) is 3.50. The van der Waals surface area contributed by atoms with Crippen LogP contribution in [0, 0.1) is 0 Å². The quantitative estimate of drug-likeness (QED) is 0.728. The Morgan fingerprint density at radius 2 is 2.10 bits per heavy atom. The number of benzene rings is 1. The highest BCUT2D eigenvalue weighted by Crippen LogP contribution is 2.38. The summed E-state index contributed by atoms with van der Waals surface area (Å²) in [6.07, 6.45) is 1.65. The van der Waals surface area contributed by atoms with Crippen molar-refractivity contribution in [2.24, 2.45) is 0 Å². The molecule has 112 valence electrons. The van der Waals surface area contributed by atoms with Gasteiger partial charge in [-0.25, -0.2) is 0 Å². The van der Waals surface area contributed by atoms with E-state index in [1.807, 2.05) is 6.92 Å². The van der Waals surface area contributed by atoms with Crippen LogP contribution in [-0.2, 0) is 6.42 Å². The number of methoxy groups -OCH3 is 2. The van der Waals surface area contributed by atoms with Gasteiger partial charge in [-0.3, -0.25) is 4.79 Å². The fourth-order valence-electron chi connectivity index (χ4n) is 1.98. The highest BCUT2D eigenvalue weighted by Gasteiger charge is 2.23. The molecule has 21 heavy (non-hydrogen) atoms. The summed E-state index contributed by atoms with van der Waals surface area (Å²) in [6.45, 7) is 2.04. The van der Waals surface area contributed by atoms with Crippen LogP contribution >= 0.6 is 27.5 Å². The average Bonchev–Trinajstić information content (AvgIpc) is 2.94. The van der Waals surface area contributed by atoms with Gasteiger partial charge in [0, 0.05) is 0 Å². The van der Waals surface area contributed by atoms with Gasteiger partial charge in [-0.05, 0) is 46.0 Å². The molecule has 0 N–H and O–H groups in total. The number of hydrogen-bond acceptors (Lipinski definition) is 6. The van der Waals surface area contributed by atoms with Crippen LogP contribution in [0.4, 0.5) is 0 Å². The lowest BCUT2D eigenvalue weighted by Gasteiger charge is -2.12. The van der Waals surface area contributed by atoms with Gasteiger partial charge in [-0.15, -0.1) is 5.10 Å². The van der Waals surface area contributed by atoms with E-state index in [4.69, 9.17) is 9.47 Å². The Kier molecular flexibility index (Phi) is 5.30. The molecule has 1 heterocycles. The number of rotatable bonds is 6. The first-order valence-electron chi connectivity index (χ1n) is 6.40. The second-order valence-electron chi connectivity index (χ2n) is 4.29. The van der Waals surface area contributed by atoms with Crippen LogP contribution in [0.5, 0.6) is 11.5 Å². The summed E-state index contributed by atoms with van der Waals surface area (Å²) >= 11 is 4.52. The van der Waals surface area contributed by atoms with E-state index < -0.39 is 0 Å². The largest absolute Gasteiger partial charge is 0.495 e. The highest BCUT2D eigenvalue weighted by atomic mass is 79.9. The number of halogens is 1. The molecule has 0 aliphatic carbocycles. The molecule has 5 nitrogen and oxygen atoms in total. The van der Waals surface area contributed by atoms with Crippen molar-refractivity contribution in [2.45, 2.75) is 19.8 Å². The van der Waals surface area contributed by atoms with Gasteiger partial charge in [-0.1, -0.05) is 17.8 Å². The van der Waals surface area contributed by atoms with Crippen LogP contribution in [-0.4, -0.2) is 29.6 Å². The van der Waals surface area contributed by atoms with Crippen molar-refractivity contribution in [3.05, 3.63) is 32.7 Å². The number of aryl methyl sites for hydroxylation is 1. The topological polar surface area (TPSA) is 61.3 Å². The molecule has 0 bridgehead atoms. The van der Waals surface area contributed by atoms with Crippen molar-refractivity contribution in [2.75, 3.05) is 14.2 Å². The molecule has 0 aliphatic rings. The molecular formula is C14H15BrN2O3S. The van der Waals surface area contributed by atoms with Crippen molar-refractivity contribution in [1.82, 2.24) is 9.59 Å². The van der Waals surface area contributed by atoms with Crippen LogP contribution in [0.1, 0.15) is 34.3 Å². The van der Waals surface area contributed by atoms with Gasteiger partial charge in [0.15, 0.2) is 0 Å². The van der Waals surface area contributed by atoms with Crippen LogP contribution in [0.2, 0.25) is 0 Å². The Balaban J connectivity index is 2.48. The molecule has 0 radical (unpaired) electrons. The lowest BCUT2D eigenvalue weighted by atomic mass is 10.1. The smallest absolute Gasteiger partial charge is 0.210 e. The molecule has 0 saturated carbocycles. The Hall–Kier alpha value is -1.47. The first-order chi connectivity index (χ1) is 10.1. The first-order valence-corrected chi connectivity index (χ1v) is 7.97. The van der Waals surface area contributed by atoms with Crippen LogP contribution in [0.25, 0.3) is 0 Å². The fourth-order valence-corrected chi connectivity index (χ4v) is 3.31. The second-order valence-corrected chi connectivity index (χ2v) is 5.84. The van der Waals surface area contributed by atoms with Gasteiger partial charge in [0.05, 0.1) is 25.5 Å². The molecule has 1 aromatic carbocycles. The van der Waals surface area contributed by atoms with E-state index in [-0.39, 0.29) is 5.78 Å². The standard InChI is InChI=1S/C14H15BrN2O3S/c1-4-5-9-14(21-17-16-9)12(18)8-6-7-10(19-2)11(15)13(8)20-3/h6-7H,4-5H2,1-3H3. The van der Waals surface area contributed by atoms with E-state index in [1.165, 1.54) is 7.11 Å². The zero-order chi connectivity index (χ0) is 15.4. The fraction of sp³-hybridized carbons (Fsp3) is 0.357. The van der Waals surface area contributed by atoms with E-state index in [9.17, 15) is 4.79 Å². The summed E-state index contributed by atoms with van der Waals surface area (Å²) in [7, 11) is 3.09. The number of ether oxygens (including phenoxy) is 2. The maximum atomic E-state index is 12.7. The Morgan fingerprint density at radius 1 is 1.33 bits per heavy atom. The van der Waals surface area contributed by atoms with Gasteiger partial charge in [0.2, 0.25) is 5.78 Å². The number of carbonyl (C=O) groups excluding carboxylic acids is 1. The minimum absolute atomic E-state index is 0.131. The van der Waals surface area contributed by atoms with Crippen molar-refractivity contribution < 1.29 is 14.3 Å². The normalized spacial score (nSPS) is 10.5. The minimum atomic E-state index is -0.131. The third-order valence-electron chi connectivity index (χ3n) is 2.98. The zero-order valence-corrected chi connectivity index (χ0v) is 14.4. The molecule has 0 aliphatic heterocycles. The third-order valence-corrected chi connectivity index (χ3v) is 4.50. The van der Waals surface area contributed by atoms with E-state index in [0.717, 1.165) is 30.1 Å². The summed E-state index contributed by atoms with van der Waals surface area (Å²) in [5.41, 5.74) is 1.20. The maximum absolute atomic E-state index is 12.7. The first kappa shape index (κ1) is 15.9. The SMILES string of the molecule is CCCc1nnsc1C(=O)c1ccc(OC)c(Br)c1OC. The molecule has 0 spiro atoms. The summed E-state index contributed by atoms with van der Waals surface area (Å²) in [6, 6.07) is 3.42. The van der Waals surface area contributed by atoms with Crippen LogP contribution in [0.3, 0.4) is 0 Å². The number of nitrogens with zero attached hydrogens (tertiary/aromatic N) is 2. The van der Waals surface area contributed by atoms with Crippen LogP contribution in [0.15, 0.2) is 16.6 Å². The van der Waals surface area contributed by atoms with Crippen LogP contribution < -0.4 is 9.47 Å². The number of ketones is 1. The molecule has 0 atom stereocenters. The molecule has 0 saturated heterocycles. The van der Waals surface area contributed by atoms with E-state index in [0.29, 0.717) is 26.4 Å². The third kappa shape index (κ3) is 3.08. The van der Waals surface area contributed by atoms with Gasteiger partial charge >= 0.3 is 0 Å². The summed E-state index contributed by atoms with van der Waals surface area (Å²) in [5, 5.41) is 4.03. The molecule has 2 aromatic rings. The Bertz CT molecular complexity index is 658. The highest BCUT2D eigenvalue weighted by molar-refractivity contribution is 9.10. The molecule has 7 heteroatoms. The lowest BCUT2D eigenvalue weighted by Crippen LogP contribution is -2.06. The second kappa shape index (κ2) is 7.00. The zero-order valence-electron chi connectivity index (χ0n) is 12.0. The van der Waals surface area contributed by atoms with E-state index >= 15 is 0 Å². The number of carbonyl (C=O) groups is 1. The molecule has 1 aromatic heterocycles. The van der Waals surface area contributed by atoms with Crippen molar-refractivity contribution >= 4 is 33.2 Å². The summed E-state index contributed by atoms with van der Waals surface area (Å²) < 4.78 is 15.1. The molecule has 2 rings (SSSR count). The predicted molar refractivity (Wildman–Crippen MR) is 84.6 cm³/mol. The molecule has 0 fully saturated rings. The number of hydrogen-bond donors (Lipinski definition) is 0. The van der Waals surface area contributed by atoms with Gasteiger partial charge in [0.1, 0.15) is 20.8 Å². The molecular weight excluding hydrogens is 356 g/mol. The minimum Gasteiger partial charge on any atom is -0.495 e. The molecule has 0 amide bonds. The summed E-state index contributed by atoms with van der Waals surface area (Å²) in [5.74, 6) is 0.934.